The Morgan fingerprint density at radius 1 is 0.745 bits per heavy atom. The van der Waals surface area contributed by atoms with Crippen LogP contribution < -0.4 is 4.74 Å². The molecule has 0 radical (unpaired) electrons. The van der Waals surface area contributed by atoms with Crippen LogP contribution in [-0.2, 0) is 11.8 Å². The fourth-order valence-corrected chi connectivity index (χ4v) is 6.69. The Balaban J connectivity index is 1.31. The highest BCUT2D eigenvalue weighted by molar-refractivity contribution is 6.09. The summed E-state index contributed by atoms with van der Waals surface area (Å²) in [6.07, 6.45) is 2.94. The van der Waals surface area contributed by atoms with Crippen molar-refractivity contribution in [1.29, 1.82) is 0 Å². The first kappa shape index (κ1) is 30.5. The fourth-order valence-electron chi connectivity index (χ4n) is 6.69. The largest absolute Gasteiger partial charge is 0.457 e. The van der Waals surface area contributed by atoms with Crippen LogP contribution in [0.1, 0.15) is 57.1 Å². The molecule has 0 saturated carbocycles. The first-order valence-corrected chi connectivity index (χ1v) is 16.5. The van der Waals surface area contributed by atoms with Crippen LogP contribution in [0.3, 0.4) is 0 Å². The topological polar surface area (TPSA) is 44.9 Å². The normalized spacial score (nSPS) is 12.0. The third kappa shape index (κ3) is 5.83. The zero-order valence-electron chi connectivity index (χ0n) is 28.4. The van der Waals surface area contributed by atoms with Gasteiger partial charge in [-0.15, -0.1) is 0 Å². The van der Waals surface area contributed by atoms with E-state index in [-0.39, 0.29) is 5.41 Å². The lowest BCUT2D eigenvalue weighted by Gasteiger charge is -2.19. The molecule has 7 aromatic rings. The van der Waals surface area contributed by atoms with Crippen molar-refractivity contribution in [3.05, 3.63) is 132 Å². The minimum atomic E-state index is 0.0411. The summed E-state index contributed by atoms with van der Waals surface area (Å²) < 4.78 is 10.9. The van der Waals surface area contributed by atoms with E-state index in [2.05, 4.69) is 138 Å². The number of pyridine rings is 1. The number of aryl methyl sites for hydroxylation is 1. The van der Waals surface area contributed by atoms with Gasteiger partial charge in [-0.25, -0.2) is 9.67 Å². The molecule has 47 heavy (non-hydrogen) atoms. The number of rotatable bonds is 7. The van der Waals surface area contributed by atoms with Crippen LogP contribution in [0.4, 0.5) is 0 Å². The van der Waals surface area contributed by atoms with Gasteiger partial charge in [0.15, 0.2) is 0 Å². The van der Waals surface area contributed by atoms with Crippen molar-refractivity contribution in [2.75, 3.05) is 0 Å². The monoisotopic (exact) mass is 618 g/mol. The summed E-state index contributed by atoms with van der Waals surface area (Å²) in [6.45, 7) is 15.5. The predicted molar refractivity (Wildman–Crippen MR) is 194 cm³/mol. The van der Waals surface area contributed by atoms with Crippen LogP contribution in [0, 0.1) is 19.8 Å². The van der Waals surface area contributed by atoms with Crippen molar-refractivity contribution in [2.24, 2.45) is 5.92 Å². The zero-order valence-corrected chi connectivity index (χ0v) is 28.4. The Bertz CT molecular complexity index is 2230. The maximum atomic E-state index is 6.58. The zero-order chi connectivity index (χ0) is 32.9. The average Bonchev–Trinajstić information content (AvgIpc) is 3.53. The molecular formula is C42H42N4O. The maximum absolute atomic E-state index is 6.58. The molecule has 5 nitrogen and oxygen atoms in total. The van der Waals surface area contributed by atoms with Gasteiger partial charge in [0, 0.05) is 40.4 Å². The van der Waals surface area contributed by atoms with E-state index in [0.29, 0.717) is 5.92 Å². The van der Waals surface area contributed by atoms with E-state index >= 15 is 0 Å². The molecule has 0 unspecified atom stereocenters. The first-order valence-electron chi connectivity index (χ1n) is 16.5. The lowest BCUT2D eigenvalue weighted by molar-refractivity contribution is 0.482. The molecule has 7 rings (SSSR count). The van der Waals surface area contributed by atoms with Crippen molar-refractivity contribution in [3.8, 4) is 34.1 Å². The van der Waals surface area contributed by atoms with E-state index in [9.17, 15) is 0 Å². The van der Waals surface area contributed by atoms with Gasteiger partial charge >= 0.3 is 0 Å². The molecule has 0 aliphatic rings. The van der Waals surface area contributed by atoms with Gasteiger partial charge in [0.25, 0.3) is 0 Å². The highest BCUT2D eigenvalue weighted by Gasteiger charge is 2.20. The Labute approximate surface area is 277 Å². The van der Waals surface area contributed by atoms with Gasteiger partial charge in [0.1, 0.15) is 17.3 Å². The summed E-state index contributed by atoms with van der Waals surface area (Å²) in [6, 6.07) is 36.2. The van der Waals surface area contributed by atoms with E-state index < -0.39 is 0 Å². The number of aromatic nitrogens is 4. The number of ether oxygens (including phenoxy) is 1. The van der Waals surface area contributed by atoms with E-state index in [1.807, 2.05) is 29.1 Å². The molecule has 4 aromatic carbocycles. The minimum absolute atomic E-state index is 0.0411. The molecule has 5 heteroatoms. The second kappa shape index (κ2) is 11.9. The third-order valence-corrected chi connectivity index (χ3v) is 8.94. The number of nitrogens with zero attached hydrogens (tertiary/aromatic N) is 4. The van der Waals surface area contributed by atoms with Gasteiger partial charge in [-0.2, -0.15) is 5.10 Å². The molecule has 3 heterocycles. The van der Waals surface area contributed by atoms with Crippen molar-refractivity contribution in [2.45, 2.75) is 60.3 Å². The molecule has 0 fully saturated rings. The molecule has 0 spiro atoms. The predicted octanol–water partition coefficient (Wildman–Crippen LogP) is 10.9. The lowest BCUT2D eigenvalue weighted by Crippen LogP contribution is -2.10. The molecule has 0 aliphatic heterocycles. The number of hydrogen-bond donors (Lipinski definition) is 0. The van der Waals surface area contributed by atoms with Gasteiger partial charge in [-0.3, -0.25) is 4.57 Å². The summed E-state index contributed by atoms with van der Waals surface area (Å²) in [5, 5.41) is 7.31. The Morgan fingerprint density at radius 3 is 2.30 bits per heavy atom. The molecule has 236 valence electrons. The number of benzene rings is 4. The lowest BCUT2D eigenvalue weighted by atomic mass is 9.86. The molecule has 0 saturated heterocycles. The standard InChI is InChI=1S/C42H42N4O/c1-27(2)22-30-20-21-43-40(23-30)45-38-19-16-32(42(5,6)7)24-37(38)36-18-17-35(26-39(36)45)47-34-15-11-14-33(25-34)46-29(4)41(28(3)44-46)31-12-9-8-10-13-31/h8-21,23-27H,22H2,1-7H3. The third-order valence-electron chi connectivity index (χ3n) is 8.94. The summed E-state index contributed by atoms with van der Waals surface area (Å²) in [4.78, 5) is 4.87. The van der Waals surface area contributed by atoms with Crippen LogP contribution in [0.5, 0.6) is 11.5 Å². The quantitative estimate of drug-likeness (QED) is 0.178. The Kier molecular flexibility index (Phi) is 7.71. The van der Waals surface area contributed by atoms with Crippen LogP contribution >= 0.6 is 0 Å². The highest BCUT2D eigenvalue weighted by Crippen LogP contribution is 2.38. The van der Waals surface area contributed by atoms with Gasteiger partial charge < -0.3 is 4.74 Å². The summed E-state index contributed by atoms with van der Waals surface area (Å²) in [7, 11) is 0. The summed E-state index contributed by atoms with van der Waals surface area (Å²) in [5.41, 5.74) is 10.2. The number of fused-ring (bicyclic) bond motifs is 3. The second-order valence-corrected chi connectivity index (χ2v) is 14.0. The van der Waals surface area contributed by atoms with Gasteiger partial charge in [-0.1, -0.05) is 77.1 Å². The van der Waals surface area contributed by atoms with E-state index in [0.717, 1.165) is 57.4 Å². The van der Waals surface area contributed by atoms with Crippen molar-refractivity contribution in [3.63, 3.8) is 0 Å². The first-order chi connectivity index (χ1) is 22.6. The van der Waals surface area contributed by atoms with Crippen LogP contribution in [0.2, 0.25) is 0 Å². The number of hydrogen-bond acceptors (Lipinski definition) is 3. The SMILES string of the molecule is Cc1nn(-c2cccc(Oc3ccc4c5cc(C(C)(C)C)ccc5n(-c5cc(CC(C)C)ccn5)c4c3)c2)c(C)c1-c1ccccc1. The molecule has 0 aliphatic carbocycles. The van der Waals surface area contributed by atoms with Gasteiger partial charge in [0.05, 0.1) is 22.4 Å². The van der Waals surface area contributed by atoms with E-state index in [4.69, 9.17) is 14.8 Å². The highest BCUT2D eigenvalue weighted by atomic mass is 16.5. The molecule has 3 aromatic heterocycles. The van der Waals surface area contributed by atoms with E-state index in [1.54, 1.807) is 0 Å². The molecule has 0 amide bonds. The molecule has 0 atom stereocenters. The minimum Gasteiger partial charge on any atom is -0.457 e. The molecule has 0 bridgehead atoms. The van der Waals surface area contributed by atoms with Crippen molar-refractivity contribution >= 4 is 21.8 Å². The Hall–Kier alpha value is -5.16. The van der Waals surface area contributed by atoms with Crippen LogP contribution in [0.15, 0.2) is 109 Å². The second-order valence-electron chi connectivity index (χ2n) is 14.0. The molecule has 0 N–H and O–H groups in total. The van der Waals surface area contributed by atoms with E-state index in [1.165, 1.54) is 27.5 Å². The summed E-state index contributed by atoms with van der Waals surface area (Å²) in [5.74, 6) is 3.01. The van der Waals surface area contributed by atoms with Crippen molar-refractivity contribution < 1.29 is 4.74 Å². The average molecular weight is 619 g/mol. The maximum Gasteiger partial charge on any atom is 0.137 e. The van der Waals surface area contributed by atoms with Crippen LogP contribution in [0.25, 0.3) is 44.4 Å². The van der Waals surface area contributed by atoms with Crippen LogP contribution in [-0.4, -0.2) is 19.3 Å². The smallest absolute Gasteiger partial charge is 0.137 e. The Morgan fingerprint density at radius 2 is 1.53 bits per heavy atom. The van der Waals surface area contributed by atoms with Gasteiger partial charge in [0.2, 0.25) is 0 Å². The van der Waals surface area contributed by atoms with Gasteiger partial charge in [-0.05, 0) is 96.8 Å². The fraction of sp³-hybridized carbons (Fsp3) is 0.238. The molecular weight excluding hydrogens is 576 g/mol. The van der Waals surface area contributed by atoms with Crippen molar-refractivity contribution in [1.82, 2.24) is 19.3 Å². The summed E-state index contributed by atoms with van der Waals surface area (Å²) >= 11 is 0.